The third-order valence-electron chi connectivity index (χ3n) is 2.74. The van der Waals surface area contributed by atoms with Crippen LogP contribution < -0.4 is 10.6 Å². The monoisotopic (exact) mass is 300 g/mol. The van der Waals surface area contributed by atoms with Crippen molar-refractivity contribution in [2.75, 3.05) is 6.54 Å². The van der Waals surface area contributed by atoms with E-state index in [4.69, 9.17) is 4.74 Å². The molecule has 21 heavy (non-hydrogen) atoms. The van der Waals surface area contributed by atoms with Crippen molar-refractivity contribution in [3.05, 3.63) is 0 Å². The molecule has 124 valence electrons. The van der Waals surface area contributed by atoms with Crippen LogP contribution in [0.5, 0.6) is 0 Å². The van der Waals surface area contributed by atoms with Gasteiger partial charge in [-0.1, -0.05) is 27.7 Å². The number of carbonyl (C=O) groups excluding carboxylic acids is 2. The SMILES string of the molecule is CC(C)CCNC(=O)[C@@H](CC(C)C)NC(=O)OC(C)(C)C. The topological polar surface area (TPSA) is 67.4 Å². The van der Waals surface area contributed by atoms with Crippen molar-refractivity contribution in [1.82, 2.24) is 10.6 Å². The Bertz CT molecular complexity index is 333. The second-order valence-corrected chi connectivity index (χ2v) is 7.30. The summed E-state index contributed by atoms with van der Waals surface area (Å²) in [6, 6.07) is -0.549. The van der Waals surface area contributed by atoms with Gasteiger partial charge >= 0.3 is 6.09 Å². The number of carbonyl (C=O) groups is 2. The number of nitrogens with one attached hydrogen (secondary N) is 2. The summed E-state index contributed by atoms with van der Waals surface area (Å²) >= 11 is 0. The number of amides is 2. The minimum Gasteiger partial charge on any atom is -0.444 e. The van der Waals surface area contributed by atoms with Crippen LogP contribution in [0.2, 0.25) is 0 Å². The zero-order valence-electron chi connectivity index (χ0n) is 14.6. The van der Waals surface area contributed by atoms with E-state index in [0.29, 0.717) is 24.8 Å². The molecule has 2 N–H and O–H groups in total. The van der Waals surface area contributed by atoms with Crippen molar-refractivity contribution in [3.63, 3.8) is 0 Å². The number of ether oxygens (including phenoxy) is 1. The van der Waals surface area contributed by atoms with Crippen LogP contribution in [0.25, 0.3) is 0 Å². The van der Waals surface area contributed by atoms with Gasteiger partial charge in [0.15, 0.2) is 0 Å². The maximum atomic E-state index is 12.2. The normalized spacial score (nSPS) is 13.2. The lowest BCUT2D eigenvalue weighted by atomic mass is 10.0. The first-order valence-electron chi connectivity index (χ1n) is 7.78. The quantitative estimate of drug-likeness (QED) is 0.759. The summed E-state index contributed by atoms with van der Waals surface area (Å²) in [7, 11) is 0. The largest absolute Gasteiger partial charge is 0.444 e. The smallest absolute Gasteiger partial charge is 0.408 e. The first-order chi connectivity index (χ1) is 9.51. The van der Waals surface area contributed by atoms with Crippen molar-refractivity contribution in [1.29, 1.82) is 0 Å². The van der Waals surface area contributed by atoms with Crippen LogP contribution in [0, 0.1) is 11.8 Å². The lowest BCUT2D eigenvalue weighted by Crippen LogP contribution is -2.49. The Morgan fingerprint density at radius 1 is 1.05 bits per heavy atom. The number of rotatable bonds is 7. The lowest BCUT2D eigenvalue weighted by molar-refractivity contribution is -0.123. The number of hydrogen-bond acceptors (Lipinski definition) is 3. The van der Waals surface area contributed by atoms with Gasteiger partial charge in [0.25, 0.3) is 0 Å². The van der Waals surface area contributed by atoms with Gasteiger partial charge in [-0.05, 0) is 45.4 Å². The first kappa shape index (κ1) is 19.7. The molecular formula is C16H32N2O3. The van der Waals surface area contributed by atoms with E-state index >= 15 is 0 Å². The number of hydrogen-bond donors (Lipinski definition) is 2. The Morgan fingerprint density at radius 3 is 2.05 bits per heavy atom. The van der Waals surface area contributed by atoms with Crippen LogP contribution in [-0.4, -0.2) is 30.2 Å². The predicted octanol–water partition coefficient (Wildman–Crippen LogP) is 3.09. The Hall–Kier alpha value is -1.26. The highest BCUT2D eigenvalue weighted by Gasteiger charge is 2.24. The fourth-order valence-electron chi connectivity index (χ4n) is 1.76. The summed E-state index contributed by atoms with van der Waals surface area (Å²) < 4.78 is 5.21. The first-order valence-corrected chi connectivity index (χ1v) is 7.78. The average Bonchev–Trinajstić information content (AvgIpc) is 2.23. The second-order valence-electron chi connectivity index (χ2n) is 7.30. The van der Waals surface area contributed by atoms with Crippen LogP contribution in [0.1, 0.15) is 61.3 Å². The van der Waals surface area contributed by atoms with E-state index in [-0.39, 0.29) is 5.91 Å². The molecule has 0 aromatic rings. The average molecular weight is 300 g/mol. The van der Waals surface area contributed by atoms with Gasteiger partial charge in [-0.2, -0.15) is 0 Å². The summed E-state index contributed by atoms with van der Waals surface area (Å²) in [5.41, 5.74) is -0.569. The van der Waals surface area contributed by atoms with E-state index in [2.05, 4.69) is 24.5 Å². The van der Waals surface area contributed by atoms with Gasteiger partial charge in [0.1, 0.15) is 11.6 Å². The molecule has 0 aliphatic rings. The minimum atomic E-state index is -0.569. The molecule has 0 aromatic carbocycles. The Labute approximate surface area is 129 Å². The summed E-state index contributed by atoms with van der Waals surface area (Å²) in [4.78, 5) is 24.0. The number of alkyl carbamates (subject to hydrolysis) is 1. The zero-order valence-corrected chi connectivity index (χ0v) is 14.6. The van der Waals surface area contributed by atoms with Crippen LogP contribution in [-0.2, 0) is 9.53 Å². The molecule has 0 aliphatic heterocycles. The van der Waals surface area contributed by atoms with Crippen LogP contribution in [0.15, 0.2) is 0 Å². The predicted molar refractivity (Wildman–Crippen MR) is 85.1 cm³/mol. The van der Waals surface area contributed by atoms with E-state index in [1.807, 2.05) is 13.8 Å². The zero-order chi connectivity index (χ0) is 16.6. The molecule has 0 saturated carbocycles. The molecule has 0 aromatic heterocycles. The van der Waals surface area contributed by atoms with E-state index in [9.17, 15) is 9.59 Å². The van der Waals surface area contributed by atoms with Gasteiger partial charge in [-0.25, -0.2) is 4.79 Å². The summed E-state index contributed by atoms with van der Waals surface area (Å²) in [6.07, 6.45) is 0.964. The summed E-state index contributed by atoms with van der Waals surface area (Å²) in [6.45, 7) is 14.3. The minimum absolute atomic E-state index is 0.143. The molecule has 1 atom stereocenters. The standard InChI is InChI=1S/C16H32N2O3/c1-11(2)8-9-17-14(19)13(10-12(3)4)18-15(20)21-16(5,6)7/h11-13H,8-10H2,1-7H3,(H,17,19)(H,18,20)/t13-/m1/s1. The molecule has 5 nitrogen and oxygen atoms in total. The molecule has 0 saturated heterocycles. The van der Waals surface area contributed by atoms with Gasteiger partial charge < -0.3 is 15.4 Å². The van der Waals surface area contributed by atoms with Crippen molar-refractivity contribution < 1.29 is 14.3 Å². The molecule has 0 radical (unpaired) electrons. The van der Waals surface area contributed by atoms with E-state index in [0.717, 1.165) is 6.42 Å². The highest BCUT2D eigenvalue weighted by Crippen LogP contribution is 2.09. The van der Waals surface area contributed by atoms with Gasteiger partial charge in [0, 0.05) is 6.54 Å². The lowest BCUT2D eigenvalue weighted by Gasteiger charge is -2.24. The Balaban J connectivity index is 4.50. The van der Waals surface area contributed by atoms with Gasteiger partial charge in [-0.15, -0.1) is 0 Å². The third-order valence-corrected chi connectivity index (χ3v) is 2.74. The van der Waals surface area contributed by atoms with E-state index in [1.165, 1.54) is 0 Å². The van der Waals surface area contributed by atoms with Gasteiger partial charge in [-0.3, -0.25) is 4.79 Å². The molecule has 0 rings (SSSR count). The molecule has 0 spiro atoms. The fraction of sp³-hybridized carbons (Fsp3) is 0.875. The summed E-state index contributed by atoms with van der Waals surface area (Å²) in [5.74, 6) is 0.698. The maximum Gasteiger partial charge on any atom is 0.408 e. The van der Waals surface area contributed by atoms with Crippen LogP contribution in [0.3, 0.4) is 0 Å². The second kappa shape index (κ2) is 8.90. The van der Waals surface area contributed by atoms with Gasteiger partial charge in [0.2, 0.25) is 5.91 Å². The van der Waals surface area contributed by atoms with Crippen molar-refractivity contribution >= 4 is 12.0 Å². The molecule has 0 fully saturated rings. The van der Waals surface area contributed by atoms with Crippen molar-refractivity contribution in [3.8, 4) is 0 Å². The van der Waals surface area contributed by atoms with E-state index < -0.39 is 17.7 Å². The molecular weight excluding hydrogens is 268 g/mol. The maximum absolute atomic E-state index is 12.2. The Kier molecular flexibility index (Phi) is 8.37. The fourth-order valence-corrected chi connectivity index (χ4v) is 1.76. The van der Waals surface area contributed by atoms with Crippen LogP contribution >= 0.6 is 0 Å². The van der Waals surface area contributed by atoms with Crippen molar-refractivity contribution in [2.45, 2.75) is 73.0 Å². The molecule has 5 heteroatoms. The molecule has 0 unspecified atom stereocenters. The van der Waals surface area contributed by atoms with Crippen molar-refractivity contribution in [2.24, 2.45) is 11.8 Å². The van der Waals surface area contributed by atoms with E-state index in [1.54, 1.807) is 20.8 Å². The molecule has 0 aliphatic carbocycles. The Morgan fingerprint density at radius 2 is 1.62 bits per heavy atom. The van der Waals surface area contributed by atoms with Gasteiger partial charge in [0.05, 0.1) is 0 Å². The van der Waals surface area contributed by atoms with Crippen LogP contribution in [0.4, 0.5) is 4.79 Å². The highest BCUT2D eigenvalue weighted by atomic mass is 16.6. The molecule has 0 heterocycles. The summed E-state index contributed by atoms with van der Waals surface area (Å²) in [5, 5.41) is 5.55. The third kappa shape index (κ3) is 11.1. The molecule has 2 amide bonds. The molecule has 0 bridgehead atoms. The highest BCUT2D eigenvalue weighted by molar-refractivity contribution is 5.85.